The molecule has 6 nitrogen and oxygen atoms in total. The summed E-state index contributed by atoms with van der Waals surface area (Å²) < 4.78 is 16.8. The Balaban J connectivity index is 2.01. The molecule has 3 aromatic rings. The minimum Gasteiger partial charge on any atom is -0.489 e. The van der Waals surface area contributed by atoms with Gasteiger partial charge in [-0.15, -0.1) is 0 Å². The molecule has 1 N–H and O–H groups in total. The molecule has 2 heterocycles. The molecule has 136 valence electrons. The Hall–Kier alpha value is -3.02. The number of esters is 1. The van der Waals surface area contributed by atoms with E-state index in [9.17, 15) is 4.79 Å². The van der Waals surface area contributed by atoms with Crippen LogP contribution in [0, 0.1) is 6.92 Å². The highest BCUT2D eigenvalue weighted by Gasteiger charge is 2.16. The first kappa shape index (κ1) is 17.8. The number of hydrogen-bond donors (Lipinski definition) is 1. The predicted octanol–water partition coefficient (Wildman–Crippen LogP) is 4.63. The first-order valence-electron chi connectivity index (χ1n) is 8.57. The monoisotopic (exact) mass is 354 g/mol. The Bertz CT molecular complexity index is 913. The van der Waals surface area contributed by atoms with Gasteiger partial charge in [-0.05, 0) is 45.4 Å². The largest absolute Gasteiger partial charge is 0.489 e. The topological polar surface area (TPSA) is 73.4 Å². The number of carbonyl (C=O) groups is 1. The third-order valence-corrected chi connectivity index (χ3v) is 3.63. The average Bonchev–Trinajstić information content (AvgIpc) is 3.01. The number of aromatic nitrogens is 2. The molecule has 2 aromatic heterocycles. The summed E-state index contributed by atoms with van der Waals surface area (Å²) >= 11 is 0. The minimum absolute atomic E-state index is 0.0275. The van der Waals surface area contributed by atoms with E-state index in [2.05, 4.69) is 9.97 Å². The molecule has 0 radical (unpaired) electrons. The lowest BCUT2D eigenvalue weighted by molar-refractivity contribution is 0.0520. The Kier molecular flexibility index (Phi) is 5.11. The maximum absolute atomic E-state index is 12.0. The van der Waals surface area contributed by atoms with Gasteiger partial charge in [0.05, 0.1) is 18.2 Å². The number of H-pyrrole nitrogens is 1. The van der Waals surface area contributed by atoms with Crippen LogP contribution in [0.5, 0.6) is 17.4 Å². The Morgan fingerprint density at radius 2 is 2.04 bits per heavy atom. The van der Waals surface area contributed by atoms with E-state index in [1.807, 2.05) is 39.0 Å². The van der Waals surface area contributed by atoms with E-state index in [4.69, 9.17) is 14.2 Å². The summed E-state index contributed by atoms with van der Waals surface area (Å²) in [6.07, 6.45) is 1.72. The van der Waals surface area contributed by atoms with Gasteiger partial charge in [-0.3, -0.25) is 0 Å². The summed E-state index contributed by atoms with van der Waals surface area (Å²) in [5.74, 6) is 1.28. The van der Waals surface area contributed by atoms with Gasteiger partial charge in [0.25, 0.3) is 0 Å². The number of aryl methyl sites for hydroxylation is 1. The van der Waals surface area contributed by atoms with Crippen molar-refractivity contribution in [2.45, 2.75) is 33.8 Å². The summed E-state index contributed by atoms with van der Waals surface area (Å²) in [5, 5.41) is 0.799. The van der Waals surface area contributed by atoms with E-state index in [-0.39, 0.29) is 6.10 Å². The fourth-order valence-electron chi connectivity index (χ4n) is 2.54. The van der Waals surface area contributed by atoms with Crippen LogP contribution in [0.4, 0.5) is 0 Å². The van der Waals surface area contributed by atoms with Gasteiger partial charge in [-0.2, -0.15) is 0 Å². The van der Waals surface area contributed by atoms with Crippen LogP contribution in [0.2, 0.25) is 0 Å². The van der Waals surface area contributed by atoms with Crippen LogP contribution in [0.15, 0.2) is 36.5 Å². The summed E-state index contributed by atoms with van der Waals surface area (Å²) in [4.78, 5) is 19.4. The molecule has 0 fully saturated rings. The second-order valence-electron chi connectivity index (χ2n) is 6.23. The number of benzene rings is 1. The molecule has 3 rings (SSSR count). The maximum Gasteiger partial charge on any atom is 0.354 e. The second-order valence-corrected chi connectivity index (χ2v) is 6.23. The highest BCUT2D eigenvalue weighted by Crippen LogP contribution is 2.34. The van der Waals surface area contributed by atoms with Gasteiger partial charge in [0.15, 0.2) is 0 Å². The molecular formula is C20H22N2O4. The zero-order chi connectivity index (χ0) is 18.7. The molecule has 0 aliphatic rings. The lowest BCUT2D eigenvalue weighted by Crippen LogP contribution is -2.06. The van der Waals surface area contributed by atoms with Crippen LogP contribution in [0.25, 0.3) is 10.9 Å². The Morgan fingerprint density at radius 1 is 1.23 bits per heavy atom. The van der Waals surface area contributed by atoms with E-state index >= 15 is 0 Å². The number of carbonyl (C=O) groups excluding carboxylic acids is 1. The fourth-order valence-corrected chi connectivity index (χ4v) is 2.54. The molecule has 0 spiro atoms. The molecular weight excluding hydrogens is 332 g/mol. The summed E-state index contributed by atoms with van der Waals surface area (Å²) in [5.41, 5.74) is 2.16. The molecule has 26 heavy (non-hydrogen) atoms. The van der Waals surface area contributed by atoms with Crippen molar-refractivity contribution in [1.29, 1.82) is 0 Å². The van der Waals surface area contributed by atoms with E-state index in [1.54, 1.807) is 25.3 Å². The molecule has 0 amide bonds. The number of fused-ring (bicyclic) bond motifs is 1. The quantitative estimate of drug-likeness (QED) is 0.654. The molecule has 1 aromatic carbocycles. The van der Waals surface area contributed by atoms with Crippen LogP contribution in [-0.2, 0) is 4.74 Å². The molecule has 0 bridgehead atoms. The van der Waals surface area contributed by atoms with Gasteiger partial charge in [0, 0.05) is 23.7 Å². The zero-order valence-electron chi connectivity index (χ0n) is 15.3. The van der Waals surface area contributed by atoms with Crippen molar-refractivity contribution in [2.24, 2.45) is 0 Å². The number of rotatable bonds is 6. The van der Waals surface area contributed by atoms with Crippen molar-refractivity contribution in [1.82, 2.24) is 9.97 Å². The van der Waals surface area contributed by atoms with Crippen molar-refractivity contribution in [3.63, 3.8) is 0 Å². The normalized spacial score (nSPS) is 11.0. The average molecular weight is 354 g/mol. The Morgan fingerprint density at radius 3 is 2.69 bits per heavy atom. The van der Waals surface area contributed by atoms with Crippen molar-refractivity contribution < 1.29 is 19.0 Å². The van der Waals surface area contributed by atoms with Gasteiger partial charge < -0.3 is 19.2 Å². The predicted molar refractivity (Wildman–Crippen MR) is 99.1 cm³/mol. The van der Waals surface area contributed by atoms with E-state index in [1.165, 1.54) is 0 Å². The number of hydrogen-bond acceptors (Lipinski definition) is 5. The Labute approximate surface area is 152 Å². The van der Waals surface area contributed by atoms with Crippen molar-refractivity contribution in [2.75, 3.05) is 6.61 Å². The molecule has 0 saturated heterocycles. The van der Waals surface area contributed by atoms with Crippen LogP contribution >= 0.6 is 0 Å². The highest BCUT2D eigenvalue weighted by molar-refractivity contribution is 5.97. The third-order valence-electron chi connectivity index (χ3n) is 3.63. The fraction of sp³-hybridized carbons (Fsp3) is 0.300. The van der Waals surface area contributed by atoms with Crippen molar-refractivity contribution in [3.05, 3.63) is 47.8 Å². The molecule has 0 aliphatic heterocycles. The summed E-state index contributed by atoms with van der Waals surface area (Å²) in [6.45, 7) is 7.94. The zero-order valence-corrected chi connectivity index (χ0v) is 15.3. The van der Waals surface area contributed by atoms with Crippen molar-refractivity contribution in [3.8, 4) is 17.4 Å². The molecule has 6 heteroatoms. The lowest BCUT2D eigenvalue weighted by atomic mass is 10.2. The number of nitrogens with zero attached hydrogens (tertiary/aromatic N) is 1. The van der Waals surface area contributed by atoms with E-state index in [0.717, 1.165) is 16.5 Å². The lowest BCUT2D eigenvalue weighted by Gasteiger charge is -2.13. The minimum atomic E-state index is -0.401. The molecule has 0 aliphatic carbocycles. The van der Waals surface area contributed by atoms with Gasteiger partial charge in [0.2, 0.25) is 5.88 Å². The van der Waals surface area contributed by atoms with Gasteiger partial charge in [-0.25, -0.2) is 9.78 Å². The molecule has 0 saturated carbocycles. The van der Waals surface area contributed by atoms with Crippen LogP contribution in [0.1, 0.15) is 36.8 Å². The summed E-state index contributed by atoms with van der Waals surface area (Å²) in [7, 11) is 0. The molecule has 0 unspecified atom stereocenters. The first-order chi connectivity index (χ1) is 12.5. The maximum atomic E-state index is 12.0. The second kappa shape index (κ2) is 7.47. The number of ether oxygens (including phenoxy) is 3. The number of pyridine rings is 1. The van der Waals surface area contributed by atoms with Crippen molar-refractivity contribution >= 4 is 16.9 Å². The first-order valence-corrected chi connectivity index (χ1v) is 8.57. The summed E-state index contributed by atoms with van der Waals surface area (Å²) in [6, 6.07) is 9.10. The highest BCUT2D eigenvalue weighted by atomic mass is 16.5. The van der Waals surface area contributed by atoms with Crippen LogP contribution < -0.4 is 9.47 Å². The number of nitrogens with one attached hydrogen (secondary N) is 1. The van der Waals surface area contributed by atoms with Crippen LogP contribution in [0.3, 0.4) is 0 Å². The number of aromatic amines is 1. The van der Waals surface area contributed by atoms with Gasteiger partial charge in [-0.1, -0.05) is 6.07 Å². The smallest absolute Gasteiger partial charge is 0.354 e. The van der Waals surface area contributed by atoms with Gasteiger partial charge in [0.1, 0.15) is 17.2 Å². The van der Waals surface area contributed by atoms with Gasteiger partial charge >= 0.3 is 5.97 Å². The SMILES string of the molecule is CCOC(=O)c1cc2cc(Oc3ccc(C)cn3)cc(OC(C)C)c2[nH]1. The van der Waals surface area contributed by atoms with Crippen LogP contribution in [-0.4, -0.2) is 28.6 Å². The molecule has 0 atom stereocenters. The standard InChI is InChI=1S/C20H22N2O4/c1-5-24-20(23)16-9-14-8-15(26-18-7-6-13(4)11-21-18)10-17(19(14)22-16)25-12(2)3/h6-12,22H,5H2,1-4H3. The van der Waals surface area contributed by atoms with E-state index < -0.39 is 5.97 Å². The van der Waals surface area contributed by atoms with E-state index in [0.29, 0.717) is 29.7 Å². The third kappa shape index (κ3) is 3.96.